The molecule has 7 heteroatoms. The lowest BCUT2D eigenvalue weighted by Gasteiger charge is -2.31. The first kappa shape index (κ1) is 20.3. The van der Waals surface area contributed by atoms with Crippen LogP contribution in [0.15, 0.2) is 42.5 Å². The van der Waals surface area contributed by atoms with Crippen LogP contribution in [-0.2, 0) is 16.1 Å². The van der Waals surface area contributed by atoms with Gasteiger partial charge in [-0.05, 0) is 49.2 Å². The number of carbonyl (C=O) groups is 2. The van der Waals surface area contributed by atoms with E-state index in [1.54, 1.807) is 23.1 Å². The van der Waals surface area contributed by atoms with E-state index >= 15 is 0 Å². The Morgan fingerprint density at radius 2 is 2.07 bits per heavy atom. The van der Waals surface area contributed by atoms with Gasteiger partial charge in [-0.2, -0.15) is 0 Å². The minimum atomic E-state index is -0.642. The van der Waals surface area contributed by atoms with Crippen LogP contribution < -0.4 is 11.1 Å². The average molecular weight is 404 g/mol. The zero-order chi connectivity index (χ0) is 20.4. The SMILES string of the molecule is CC(C)N1C(=O)C[C@H](C(=O)Nc2cccc(CN)c2)[C@H]1c1ccc(Cl)c(F)c1. The quantitative estimate of drug-likeness (QED) is 0.795. The van der Waals surface area contributed by atoms with Crippen molar-refractivity contribution in [3.63, 3.8) is 0 Å². The minimum Gasteiger partial charge on any atom is -0.332 e. The van der Waals surface area contributed by atoms with E-state index in [0.29, 0.717) is 17.8 Å². The van der Waals surface area contributed by atoms with Crippen LogP contribution in [0.1, 0.15) is 37.4 Å². The molecule has 1 saturated heterocycles. The normalized spacial score (nSPS) is 19.4. The topological polar surface area (TPSA) is 75.4 Å². The molecule has 0 spiro atoms. The van der Waals surface area contributed by atoms with Crippen molar-refractivity contribution in [3.8, 4) is 0 Å². The van der Waals surface area contributed by atoms with Crippen molar-refractivity contribution in [2.45, 2.75) is 38.9 Å². The van der Waals surface area contributed by atoms with Crippen LogP contribution in [0.25, 0.3) is 0 Å². The lowest BCUT2D eigenvalue weighted by Crippen LogP contribution is -2.37. The lowest BCUT2D eigenvalue weighted by molar-refractivity contribution is -0.130. The summed E-state index contributed by atoms with van der Waals surface area (Å²) in [6, 6.07) is 11.0. The smallest absolute Gasteiger partial charge is 0.230 e. The highest BCUT2D eigenvalue weighted by Crippen LogP contribution is 2.41. The molecule has 3 rings (SSSR count). The summed E-state index contributed by atoms with van der Waals surface area (Å²) in [5.41, 5.74) is 7.71. The van der Waals surface area contributed by atoms with Gasteiger partial charge in [0.15, 0.2) is 0 Å². The average Bonchev–Trinajstić information content (AvgIpc) is 3.01. The van der Waals surface area contributed by atoms with Crippen LogP contribution in [0, 0.1) is 11.7 Å². The summed E-state index contributed by atoms with van der Waals surface area (Å²) in [6.07, 6.45) is 0.0650. The number of benzene rings is 2. The van der Waals surface area contributed by atoms with Crippen molar-refractivity contribution >= 4 is 29.1 Å². The molecule has 2 amide bonds. The van der Waals surface area contributed by atoms with Gasteiger partial charge in [0, 0.05) is 24.7 Å². The first-order valence-corrected chi connectivity index (χ1v) is 9.55. The third kappa shape index (κ3) is 4.03. The Kier molecular flexibility index (Phi) is 6.01. The zero-order valence-corrected chi connectivity index (χ0v) is 16.5. The molecule has 5 nitrogen and oxygen atoms in total. The predicted molar refractivity (Wildman–Crippen MR) is 107 cm³/mol. The first-order chi connectivity index (χ1) is 13.3. The maximum atomic E-state index is 14.1. The summed E-state index contributed by atoms with van der Waals surface area (Å²) in [5, 5.41) is 2.87. The number of amides is 2. The molecule has 1 heterocycles. The Hall–Kier alpha value is -2.44. The van der Waals surface area contributed by atoms with E-state index in [-0.39, 0.29) is 29.3 Å². The second-order valence-corrected chi connectivity index (χ2v) is 7.62. The van der Waals surface area contributed by atoms with Gasteiger partial charge in [-0.25, -0.2) is 4.39 Å². The highest BCUT2D eigenvalue weighted by atomic mass is 35.5. The third-order valence-electron chi connectivity index (χ3n) is 4.97. The first-order valence-electron chi connectivity index (χ1n) is 9.17. The predicted octanol–water partition coefficient (Wildman–Crippen LogP) is 3.87. The zero-order valence-electron chi connectivity index (χ0n) is 15.8. The van der Waals surface area contributed by atoms with Crippen LogP contribution >= 0.6 is 11.6 Å². The molecule has 1 aliphatic heterocycles. The Morgan fingerprint density at radius 3 is 2.71 bits per heavy atom. The summed E-state index contributed by atoms with van der Waals surface area (Å²) in [6.45, 7) is 4.11. The van der Waals surface area contributed by atoms with Gasteiger partial charge >= 0.3 is 0 Å². The Bertz CT molecular complexity index is 903. The van der Waals surface area contributed by atoms with E-state index in [0.717, 1.165) is 5.56 Å². The van der Waals surface area contributed by atoms with Crippen molar-refractivity contribution in [1.82, 2.24) is 4.90 Å². The maximum Gasteiger partial charge on any atom is 0.230 e. The van der Waals surface area contributed by atoms with Crippen LogP contribution in [0.3, 0.4) is 0 Å². The summed E-state index contributed by atoms with van der Waals surface area (Å²) in [7, 11) is 0. The number of halogens is 2. The fraction of sp³-hybridized carbons (Fsp3) is 0.333. The highest BCUT2D eigenvalue weighted by Gasteiger charge is 2.45. The summed E-state index contributed by atoms with van der Waals surface area (Å²) in [4.78, 5) is 27.3. The number of rotatable bonds is 5. The molecule has 28 heavy (non-hydrogen) atoms. The van der Waals surface area contributed by atoms with Crippen molar-refractivity contribution in [1.29, 1.82) is 0 Å². The fourth-order valence-corrected chi connectivity index (χ4v) is 3.82. The van der Waals surface area contributed by atoms with E-state index in [2.05, 4.69) is 5.32 Å². The maximum absolute atomic E-state index is 14.1. The van der Waals surface area contributed by atoms with E-state index in [1.807, 2.05) is 26.0 Å². The van der Waals surface area contributed by atoms with E-state index in [1.165, 1.54) is 12.1 Å². The molecule has 2 aromatic rings. The second-order valence-electron chi connectivity index (χ2n) is 7.22. The summed E-state index contributed by atoms with van der Waals surface area (Å²) in [5.74, 6) is -1.63. The number of hydrogen-bond donors (Lipinski definition) is 2. The Morgan fingerprint density at radius 1 is 1.32 bits per heavy atom. The van der Waals surface area contributed by atoms with Crippen molar-refractivity contribution in [2.24, 2.45) is 11.7 Å². The minimum absolute atomic E-state index is 0.00349. The number of nitrogens with one attached hydrogen (secondary N) is 1. The fourth-order valence-electron chi connectivity index (χ4n) is 3.70. The summed E-state index contributed by atoms with van der Waals surface area (Å²) < 4.78 is 14.1. The van der Waals surface area contributed by atoms with Crippen molar-refractivity contribution in [3.05, 3.63) is 64.4 Å². The van der Waals surface area contributed by atoms with Crippen LogP contribution in [0.2, 0.25) is 5.02 Å². The molecule has 2 atom stereocenters. The molecule has 0 unspecified atom stereocenters. The molecule has 0 bridgehead atoms. The largest absolute Gasteiger partial charge is 0.332 e. The Labute approximate surface area is 168 Å². The van der Waals surface area contributed by atoms with Crippen LogP contribution in [-0.4, -0.2) is 22.8 Å². The van der Waals surface area contributed by atoms with Crippen LogP contribution in [0.5, 0.6) is 0 Å². The van der Waals surface area contributed by atoms with Gasteiger partial charge in [-0.15, -0.1) is 0 Å². The number of hydrogen-bond acceptors (Lipinski definition) is 3. The van der Waals surface area contributed by atoms with Crippen molar-refractivity contribution < 1.29 is 14.0 Å². The van der Waals surface area contributed by atoms with E-state index < -0.39 is 17.8 Å². The van der Waals surface area contributed by atoms with Gasteiger partial charge in [0.25, 0.3) is 0 Å². The number of anilines is 1. The van der Waals surface area contributed by atoms with Crippen LogP contribution in [0.4, 0.5) is 10.1 Å². The lowest BCUT2D eigenvalue weighted by atomic mass is 9.92. The number of nitrogens with zero attached hydrogens (tertiary/aromatic N) is 1. The van der Waals surface area contributed by atoms with E-state index in [4.69, 9.17) is 17.3 Å². The molecular weight excluding hydrogens is 381 g/mol. The standard InChI is InChI=1S/C21H23ClFN3O2/c1-12(2)26-19(27)10-16(20(26)14-6-7-17(22)18(23)9-14)21(28)25-15-5-3-4-13(8-15)11-24/h3-9,12,16,20H,10-11,24H2,1-2H3,(H,25,28)/t16-,20+/m0/s1. The molecule has 0 aliphatic carbocycles. The number of nitrogens with two attached hydrogens (primary N) is 1. The second kappa shape index (κ2) is 8.29. The molecule has 0 radical (unpaired) electrons. The van der Waals surface area contributed by atoms with Gasteiger partial charge < -0.3 is 16.0 Å². The number of likely N-dealkylation sites (tertiary alicyclic amines) is 1. The van der Waals surface area contributed by atoms with Crippen molar-refractivity contribution in [2.75, 3.05) is 5.32 Å². The molecule has 1 fully saturated rings. The molecule has 148 valence electrons. The molecule has 0 aromatic heterocycles. The molecule has 3 N–H and O–H groups in total. The molecule has 2 aromatic carbocycles. The van der Waals surface area contributed by atoms with Gasteiger partial charge in [0.05, 0.1) is 17.0 Å². The Balaban J connectivity index is 1.93. The van der Waals surface area contributed by atoms with E-state index in [9.17, 15) is 14.0 Å². The van der Waals surface area contributed by atoms with Gasteiger partial charge in [-0.3, -0.25) is 9.59 Å². The van der Waals surface area contributed by atoms with Gasteiger partial charge in [0.2, 0.25) is 11.8 Å². The monoisotopic (exact) mass is 403 g/mol. The molecule has 0 saturated carbocycles. The summed E-state index contributed by atoms with van der Waals surface area (Å²) >= 11 is 5.80. The molecular formula is C21H23ClFN3O2. The van der Waals surface area contributed by atoms with Gasteiger partial charge in [-0.1, -0.05) is 29.8 Å². The molecule has 1 aliphatic rings. The third-order valence-corrected chi connectivity index (χ3v) is 5.28. The van der Waals surface area contributed by atoms with Gasteiger partial charge in [0.1, 0.15) is 5.82 Å². The number of carbonyl (C=O) groups excluding carboxylic acids is 2. The highest BCUT2D eigenvalue weighted by molar-refractivity contribution is 6.30.